The Morgan fingerprint density at radius 2 is 1.58 bits per heavy atom. The lowest BCUT2D eigenvalue weighted by Crippen LogP contribution is -2.60. The second kappa shape index (κ2) is 12.5. The third-order valence-electron chi connectivity index (χ3n) is 6.85. The first kappa shape index (κ1) is 34.9. The van der Waals surface area contributed by atoms with Crippen LogP contribution in [0.4, 0.5) is 44.6 Å². The number of piperazine rings is 1. The Morgan fingerprint density at radius 3 is 2.17 bits per heavy atom. The molecule has 1 saturated heterocycles. The second-order valence-corrected chi connectivity index (χ2v) is 12.9. The maximum absolute atomic E-state index is 13.6. The lowest BCUT2D eigenvalue weighted by atomic mass is 10.1. The minimum atomic E-state index is -5.00. The molecule has 1 amide bonds. The summed E-state index contributed by atoms with van der Waals surface area (Å²) in [6.07, 6.45) is -14.7. The zero-order valence-electron chi connectivity index (χ0n) is 23.6. The molecule has 0 spiro atoms. The summed E-state index contributed by atoms with van der Waals surface area (Å²) >= 11 is 0.555. The topological polar surface area (TPSA) is 126 Å². The number of anilines is 1. The Balaban J connectivity index is 1.44. The molecule has 1 aliphatic heterocycles. The van der Waals surface area contributed by atoms with Crippen LogP contribution in [0.25, 0.3) is 4.96 Å². The molecule has 1 aliphatic rings. The number of rotatable bonds is 7. The standard InChI is InChI=1S/C26H19F9N6O5S2/c27-24(28,29)15-3-7-17(8-4-15)48(44,45)40-10-9-39(23-38-41-19(25(30,31)32)11-20(42)37-22(41)47-23)13-18(40)21(43)36-12-14-1-5-16(6-2-14)46-26(33,34)35/h1-8,11,18H,9-10,12-13H2,(H,36,43)/t18-/m1/s1. The Labute approximate surface area is 267 Å². The van der Waals surface area contributed by atoms with E-state index in [1.807, 2.05) is 0 Å². The van der Waals surface area contributed by atoms with Gasteiger partial charge in [0.15, 0.2) is 5.69 Å². The van der Waals surface area contributed by atoms with E-state index in [2.05, 4.69) is 20.1 Å². The molecular weight excluding hydrogens is 711 g/mol. The summed E-state index contributed by atoms with van der Waals surface area (Å²) < 4.78 is 150. The highest BCUT2D eigenvalue weighted by Crippen LogP contribution is 2.34. The molecule has 3 heterocycles. The van der Waals surface area contributed by atoms with Crippen LogP contribution in [-0.4, -0.2) is 65.3 Å². The number of benzene rings is 2. The average Bonchev–Trinajstić information content (AvgIpc) is 3.42. The number of carbonyl (C=O) groups excluding carboxylic acids is 1. The Bertz CT molecular complexity index is 1980. The summed E-state index contributed by atoms with van der Waals surface area (Å²) in [7, 11) is -4.66. The van der Waals surface area contributed by atoms with Gasteiger partial charge in [0.25, 0.3) is 5.56 Å². The zero-order chi connectivity index (χ0) is 35.2. The molecule has 11 nitrogen and oxygen atoms in total. The van der Waals surface area contributed by atoms with E-state index in [0.29, 0.717) is 44.4 Å². The predicted molar refractivity (Wildman–Crippen MR) is 148 cm³/mol. The first-order valence-electron chi connectivity index (χ1n) is 13.3. The van der Waals surface area contributed by atoms with Gasteiger partial charge in [0.1, 0.15) is 11.8 Å². The summed E-state index contributed by atoms with van der Waals surface area (Å²) in [6, 6.07) is 5.43. The van der Waals surface area contributed by atoms with Crippen molar-refractivity contribution in [3.05, 3.63) is 81.8 Å². The van der Waals surface area contributed by atoms with E-state index in [1.165, 1.54) is 17.0 Å². The summed E-state index contributed by atoms with van der Waals surface area (Å²) in [5.74, 6) is -1.51. The minimum Gasteiger partial charge on any atom is -0.406 e. The van der Waals surface area contributed by atoms with E-state index in [1.54, 1.807) is 0 Å². The molecule has 5 rings (SSSR count). The van der Waals surface area contributed by atoms with Crippen molar-refractivity contribution in [1.29, 1.82) is 0 Å². The molecule has 0 saturated carbocycles. The molecular formula is C26H19F9N6O5S2. The fourth-order valence-electron chi connectivity index (χ4n) is 4.64. The van der Waals surface area contributed by atoms with Crippen LogP contribution in [0.5, 0.6) is 5.75 Å². The third kappa shape index (κ3) is 7.65. The molecule has 0 bridgehead atoms. The smallest absolute Gasteiger partial charge is 0.406 e. The van der Waals surface area contributed by atoms with E-state index in [4.69, 9.17) is 0 Å². The lowest BCUT2D eigenvalue weighted by Gasteiger charge is -2.39. The number of nitrogens with one attached hydrogen (secondary N) is 1. The number of fused-ring (bicyclic) bond motifs is 1. The summed E-state index contributed by atoms with van der Waals surface area (Å²) in [5, 5.41) is 6.17. The van der Waals surface area contributed by atoms with Crippen molar-refractivity contribution < 1.29 is 57.5 Å². The number of nitrogens with zero attached hydrogens (tertiary/aromatic N) is 5. The highest BCUT2D eigenvalue weighted by Gasteiger charge is 2.42. The van der Waals surface area contributed by atoms with E-state index in [9.17, 15) is 57.5 Å². The molecule has 4 aromatic rings. The van der Waals surface area contributed by atoms with Crippen LogP contribution in [0.1, 0.15) is 16.8 Å². The Kier molecular flexibility index (Phi) is 9.11. The summed E-state index contributed by atoms with van der Waals surface area (Å²) in [6.45, 7) is -1.58. The molecule has 1 N–H and O–H groups in total. The Hall–Kier alpha value is -4.44. The van der Waals surface area contributed by atoms with Crippen molar-refractivity contribution in [2.45, 2.75) is 36.2 Å². The van der Waals surface area contributed by atoms with Gasteiger partial charge in [0.2, 0.25) is 26.0 Å². The zero-order valence-corrected chi connectivity index (χ0v) is 25.2. The van der Waals surface area contributed by atoms with E-state index >= 15 is 0 Å². The fourth-order valence-corrected chi connectivity index (χ4v) is 7.16. The van der Waals surface area contributed by atoms with Crippen LogP contribution in [0, 0.1) is 0 Å². The van der Waals surface area contributed by atoms with Crippen LogP contribution < -0.4 is 20.5 Å². The molecule has 0 unspecified atom stereocenters. The summed E-state index contributed by atoms with van der Waals surface area (Å²) in [5.41, 5.74) is -3.48. The monoisotopic (exact) mass is 730 g/mol. The van der Waals surface area contributed by atoms with Crippen molar-refractivity contribution >= 4 is 37.4 Å². The number of amides is 1. The number of sulfonamides is 1. The third-order valence-corrected chi connectivity index (χ3v) is 9.74. The minimum absolute atomic E-state index is 0.164. The Morgan fingerprint density at radius 1 is 0.938 bits per heavy atom. The predicted octanol–water partition coefficient (Wildman–Crippen LogP) is 4.28. The van der Waals surface area contributed by atoms with Gasteiger partial charge < -0.3 is 15.0 Å². The fraction of sp³-hybridized carbons (Fsp3) is 0.308. The van der Waals surface area contributed by atoms with Crippen LogP contribution in [0.15, 0.2) is 64.3 Å². The van der Waals surface area contributed by atoms with Crippen LogP contribution in [0.2, 0.25) is 0 Å². The first-order valence-corrected chi connectivity index (χ1v) is 15.5. The highest BCUT2D eigenvalue weighted by atomic mass is 32.2. The van der Waals surface area contributed by atoms with Gasteiger partial charge in [0.05, 0.1) is 10.5 Å². The van der Waals surface area contributed by atoms with E-state index < -0.39 is 86.2 Å². The van der Waals surface area contributed by atoms with Gasteiger partial charge in [-0.05, 0) is 42.0 Å². The van der Waals surface area contributed by atoms with Gasteiger partial charge in [0, 0.05) is 32.2 Å². The lowest BCUT2D eigenvalue weighted by molar-refractivity contribution is -0.274. The quantitative estimate of drug-likeness (QED) is 0.280. The van der Waals surface area contributed by atoms with Crippen molar-refractivity contribution in [3.8, 4) is 5.75 Å². The van der Waals surface area contributed by atoms with Crippen LogP contribution >= 0.6 is 11.3 Å². The molecule has 258 valence electrons. The molecule has 1 fully saturated rings. The number of ether oxygens (including phenoxy) is 1. The second-order valence-electron chi connectivity index (χ2n) is 10.1. The van der Waals surface area contributed by atoms with E-state index in [-0.39, 0.29) is 29.9 Å². The molecule has 0 radical (unpaired) electrons. The highest BCUT2D eigenvalue weighted by molar-refractivity contribution is 7.89. The van der Waals surface area contributed by atoms with Gasteiger partial charge in [-0.15, -0.1) is 18.3 Å². The SMILES string of the molecule is O=C(NCc1ccc(OC(F)(F)F)cc1)[C@H]1CN(c2nn3c(C(F)(F)F)cc(=O)nc3s2)CCN1S(=O)(=O)c1ccc(C(F)(F)F)cc1. The van der Waals surface area contributed by atoms with Crippen molar-refractivity contribution in [2.75, 3.05) is 24.5 Å². The number of aromatic nitrogens is 3. The average molecular weight is 731 g/mol. The molecule has 2 aromatic heterocycles. The molecule has 2 aromatic carbocycles. The van der Waals surface area contributed by atoms with Gasteiger partial charge in [-0.3, -0.25) is 9.59 Å². The largest absolute Gasteiger partial charge is 0.573 e. The van der Waals surface area contributed by atoms with Crippen molar-refractivity contribution in [3.63, 3.8) is 0 Å². The van der Waals surface area contributed by atoms with Crippen LogP contribution in [0.3, 0.4) is 0 Å². The van der Waals surface area contributed by atoms with Crippen molar-refractivity contribution in [2.24, 2.45) is 0 Å². The van der Waals surface area contributed by atoms with Crippen molar-refractivity contribution in [1.82, 2.24) is 24.2 Å². The van der Waals surface area contributed by atoms with E-state index in [0.717, 1.165) is 12.1 Å². The molecule has 22 heteroatoms. The molecule has 48 heavy (non-hydrogen) atoms. The van der Waals surface area contributed by atoms with Gasteiger partial charge in [-0.1, -0.05) is 23.5 Å². The van der Waals surface area contributed by atoms with Crippen LogP contribution in [-0.2, 0) is 33.7 Å². The summed E-state index contributed by atoms with van der Waals surface area (Å²) in [4.78, 5) is 29.1. The van der Waals surface area contributed by atoms with Gasteiger partial charge in [-0.25, -0.2) is 8.42 Å². The van der Waals surface area contributed by atoms with Gasteiger partial charge in [-0.2, -0.15) is 40.1 Å². The first-order chi connectivity index (χ1) is 22.2. The molecule has 1 atom stereocenters. The maximum Gasteiger partial charge on any atom is 0.573 e. The number of halogens is 9. The number of alkyl halides is 9. The number of carbonyl (C=O) groups is 1. The maximum atomic E-state index is 13.6. The number of hydrogen-bond acceptors (Lipinski definition) is 9. The number of hydrogen-bond donors (Lipinski definition) is 1. The van der Waals surface area contributed by atoms with Gasteiger partial charge >= 0.3 is 18.7 Å². The molecule has 0 aliphatic carbocycles. The normalized spacial score (nSPS) is 16.7.